The third kappa shape index (κ3) is 4.69. The lowest BCUT2D eigenvalue weighted by Gasteiger charge is -2.22. The third-order valence-corrected chi connectivity index (χ3v) is 5.02. The Morgan fingerprint density at radius 3 is 2.56 bits per heavy atom. The Morgan fingerprint density at radius 1 is 1.00 bits per heavy atom. The molecule has 0 unspecified atom stereocenters. The summed E-state index contributed by atoms with van der Waals surface area (Å²) < 4.78 is 0. The standard InChI is InChI=1S/C20H27N5/c1-2-4-16(5-3-1)18-14-19(25-20(24-18)23-17-6-7-17)22-13-10-15-8-11-21-12-9-15/h1-5,14-15,17,21H,6-13H2,(H2,22,23,24,25). The number of hydrogen-bond acceptors (Lipinski definition) is 5. The van der Waals surface area contributed by atoms with Gasteiger partial charge in [0.05, 0.1) is 5.69 Å². The van der Waals surface area contributed by atoms with Crippen LogP contribution in [0.5, 0.6) is 0 Å². The van der Waals surface area contributed by atoms with Gasteiger partial charge in [0.15, 0.2) is 0 Å². The number of hydrogen-bond donors (Lipinski definition) is 3. The van der Waals surface area contributed by atoms with Crippen LogP contribution in [-0.2, 0) is 0 Å². The average Bonchev–Trinajstić information content (AvgIpc) is 3.47. The molecule has 25 heavy (non-hydrogen) atoms. The van der Waals surface area contributed by atoms with Crippen molar-refractivity contribution in [2.24, 2.45) is 5.92 Å². The molecule has 0 atom stereocenters. The molecule has 2 fully saturated rings. The van der Waals surface area contributed by atoms with E-state index in [0.717, 1.165) is 48.6 Å². The van der Waals surface area contributed by atoms with E-state index in [1.54, 1.807) is 0 Å². The first-order chi connectivity index (χ1) is 12.4. The minimum atomic E-state index is 0.550. The first-order valence-electron chi connectivity index (χ1n) is 9.52. The average molecular weight is 337 g/mol. The van der Waals surface area contributed by atoms with Crippen LogP contribution >= 0.6 is 0 Å². The minimum Gasteiger partial charge on any atom is -0.370 e. The van der Waals surface area contributed by atoms with Crippen molar-refractivity contribution in [3.8, 4) is 11.3 Å². The van der Waals surface area contributed by atoms with Crippen molar-refractivity contribution in [3.05, 3.63) is 36.4 Å². The number of anilines is 2. The normalized spacial score (nSPS) is 18.1. The highest BCUT2D eigenvalue weighted by atomic mass is 15.2. The Labute approximate surface area is 149 Å². The topological polar surface area (TPSA) is 61.9 Å². The zero-order valence-electron chi connectivity index (χ0n) is 14.7. The fourth-order valence-electron chi connectivity index (χ4n) is 3.34. The summed E-state index contributed by atoms with van der Waals surface area (Å²) in [7, 11) is 0. The lowest BCUT2D eigenvalue weighted by molar-refractivity contribution is 0.361. The Morgan fingerprint density at radius 2 is 1.80 bits per heavy atom. The molecule has 1 saturated carbocycles. The molecular weight excluding hydrogens is 310 g/mol. The highest BCUT2D eigenvalue weighted by Gasteiger charge is 2.22. The molecule has 0 radical (unpaired) electrons. The second kappa shape index (κ2) is 7.83. The quantitative estimate of drug-likeness (QED) is 0.721. The molecule has 2 heterocycles. The van der Waals surface area contributed by atoms with E-state index in [2.05, 4.69) is 51.3 Å². The van der Waals surface area contributed by atoms with Crippen molar-refractivity contribution >= 4 is 11.8 Å². The van der Waals surface area contributed by atoms with E-state index >= 15 is 0 Å². The van der Waals surface area contributed by atoms with Crippen LogP contribution in [-0.4, -0.2) is 35.6 Å². The van der Waals surface area contributed by atoms with Crippen LogP contribution in [0.3, 0.4) is 0 Å². The minimum absolute atomic E-state index is 0.550. The monoisotopic (exact) mass is 337 g/mol. The van der Waals surface area contributed by atoms with Gasteiger partial charge in [-0.1, -0.05) is 30.3 Å². The fourth-order valence-corrected chi connectivity index (χ4v) is 3.34. The zero-order valence-corrected chi connectivity index (χ0v) is 14.7. The van der Waals surface area contributed by atoms with E-state index in [9.17, 15) is 0 Å². The summed E-state index contributed by atoms with van der Waals surface area (Å²) >= 11 is 0. The maximum Gasteiger partial charge on any atom is 0.225 e. The van der Waals surface area contributed by atoms with E-state index in [0.29, 0.717) is 6.04 Å². The molecule has 5 heteroatoms. The van der Waals surface area contributed by atoms with Gasteiger partial charge in [-0.2, -0.15) is 4.98 Å². The number of nitrogens with one attached hydrogen (secondary N) is 3. The van der Waals surface area contributed by atoms with Crippen molar-refractivity contribution < 1.29 is 0 Å². The molecule has 3 N–H and O–H groups in total. The second-order valence-corrected chi connectivity index (χ2v) is 7.16. The number of nitrogens with zero attached hydrogens (tertiary/aromatic N) is 2. The molecule has 1 saturated heterocycles. The Kier molecular flexibility index (Phi) is 5.11. The largest absolute Gasteiger partial charge is 0.370 e. The number of aromatic nitrogens is 2. The van der Waals surface area contributed by atoms with Gasteiger partial charge < -0.3 is 16.0 Å². The van der Waals surface area contributed by atoms with Gasteiger partial charge in [0.25, 0.3) is 0 Å². The van der Waals surface area contributed by atoms with Crippen molar-refractivity contribution in [2.45, 2.75) is 38.1 Å². The molecule has 1 aromatic carbocycles. The van der Waals surface area contributed by atoms with Crippen LogP contribution in [0.1, 0.15) is 32.1 Å². The number of benzene rings is 1. The van der Waals surface area contributed by atoms with E-state index < -0.39 is 0 Å². The SMILES string of the molecule is c1ccc(-c2cc(NCCC3CCNCC3)nc(NC3CC3)n2)cc1. The van der Waals surface area contributed by atoms with Gasteiger partial charge in [0, 0.05) is 24.2 Å². The summed E-state index contributed by atoms with van der Waals surface area (Å²) in [6.45, 7) is 3.29. The van der Waals surface area contributed by atoms with Crippen LogP contribution in [0.2, 0.25) is 0 Å². The van der Waals surface area contributed by atoms with Crippen LogP contribution < -0.4 is 16.0 Å². The predicted octanol–water partition coefficient (Wildman–Crippen LogP) is 3.52. The third-order valence-electron chi connectivity index (χ3n) is 5.02. The number of rotatable bonds is 7. The van der Waals surface area contributed by atoms with Crippen molar-refractivity contribution in [1.82, 2.24) is 15.3 Å². The maximum absolute atomic E-state index is 4.71. The van der Waals surface area contributed by atoms with Gasteiger partial charge in [-0.25, -0.2) is 4.98 Å². The van der Waals surface area contributed by atoms with E-state index in [4.69, 9.17) is 4.98 Å². The van der Waals surface area contributed by atoms with Crippen molar-refractivity contribution in [2.75, 3.05) is 30.3 Å². The van der Waals surface area contributed by atoms with Gasteiger partial charge in [0.2, 0.25) is 5.95 Å². The molecule has 2 aromatic rings. The lowest BCUT2D eigenvalue weighted by Crippen LogP contribution is -2.28. The summed E-state index contributed by atoms with van der Waals surface area (Å²) in [5.74, 6) is 2.49. The summed E-state index contributed by atoms with van der Waals surface area (Å²) in [6.07, 6.45) is 6.22. The molecule has 5 nitrogen and oxygen atoms in total. The second-order valence-electron chi connectivity index (χ2n) is 7.16. The Hall–Kier alpha value is -2.14. The van der Waals surface area contributed by atoms with Crippen molar-refractivity contribution in [3.63, 3.8) is 0 Å². The fraction of sp³-hybridized carbons (Fsp3) is 0.500. The molecule has 2 aliphatic rings. The van der Waals surface area contributed by atoms with Gasteiger partial charge in [-0.3, -0.25) is 0 Å². The smallest absolute Gasteiger partial charge is 0.225 e. The lowest BCUT2D eigenvalue weighted by atomic mass is 9.95. The molecule has 132 valence electrons. The zero-order chi connectivity index (χ0) is 16.9. The van der Waals surface area contributed by atoms with Crippen LogP contribution in [0.25, 0.3) is 11.3 Å². The highest BCUT2D eigenvalue weighted by molar-refractivity contribution is 5.64. The molecule has 0 amide bonds. The van der Waals surface area contributed by atoms with Crippen LogP contribution in [0, 0.1) is 5.92 Å². The number of piperidine rings is 1. The van der Waals surface area contributed by atoms with Crippen LogP contribution in [0.4, 0.5) is 11.8 Å². The predicted molar refractivity (Wildman–Crippen MR) is 103 cm³/mol. The van der Waals surface area contributed by atoms with Gasteiger partial charge in [-0.15, -0.1) is 0 Å². The molecule has 0 spiro atoms. The first kappa shape index (κ1) is 16.3. The summed E-state index contributed by atoms with van der Waals surface area (Å²) in [4.78, 5) is 9.39. The molecule has 1 aliphatic heterocycles. The van der Waals surface area contributed by atoms with Crippen LogP contribution in [0.15, 0.2) is 36.4 Å². The van der Waals surface area contributed by atoms with Gasteiger partial charge in [-0.05, 0) is 51.1 Å². The Balaban J connectivity index is 1.45. The van der Waals surface area contributed by atoms with E-state index in [1.807, 2.05) is 6.07 Å². The first-order valence-corrected chi connectivity index (χ1v) is 9.52. The highest BCUT2D eigenvalue weighted by Crippen LogP contribution is 2.26. The summed E-state index contributed by atoms with van der Waals surface area (Å²) in [5, 5.41) is 10.4. The molecular formula is C20H27N5. The molecule has 4 rings (SSSR count). The Bertz CT molecular complexity index is 678. The van der Waals surface area contributed by atoms with E-state index in [-0.39, 0.29) is 0 Å². The molecule has 1 aliphatic carbocycles. The molecule has 0 bridgehead atoms. The summed E-state index contributed by atoms with van der Waals surface area (Å²) in [6, 6.07) is 12.9. The maximum atomic E-state index is 4.71. The van der Waals surface area contributed by atoms with Crippen molar-refractivity contribution in [1.29, 1.82) is 0 Å². The van der Waals surface area contributed by atoms with E-state index in [1.165, 1.54) is 32.1 Å². The van der Waals surface area contributed by atoms with Gasteiger partial charge >= 0.3 is 0 Å². The molecule has 1 aromatic heterocycles. The summed E-state index contributed by atoms with van der Waals surface area (Å²) in [5.41, 5.74) is 2.10. The van der Waals surface area contributed by atoms with Gasteiger partial charge in [0.1, 0.15) is 5.82 Å².